The number of aromatic hydroxyl groups is 1. The summed E-state index contributed by atoms with van der Waals surface area (Å²) >= 11 is 0. The van der Waals surface area contributed by atoms with Crippen LogP contribution in [-0.4, -0.2) is 32.1 Å². The van der Waals surface area contributed by atoms with Gasteiger partial charge in [-0.2, -0.15) is 0 Å². The van der Waals surface area contributed by atoms with Gasteiger partial charge in [-0.05, 0) is 30.2 Å². The summed E-state index contributed by atoms with van der Waals surface area (Å²) in [6.45, 7) is 0.622. The Kier molecular flexibility index (Phi) is 5.21. The van der Waals surface area contributed by atoms with Gasteiger partial charge in [-0.3, -0.25) is 4.99 Å². The van der Waals surface area contributed by atoms with Crippen LogP contribution in [0.4, 0.5) is 0 Å². The second kappa shape index (κ2) is 7.33. The Labute approximate surface area is 124 Å². The summed E-state index contributed by atoms with van der Waals surface area (Å²) in [6.07, 6.45) is 2.44. The molecule has 4 heteroatoms. The van der Waals surface area contributed by atoms with E-state index in [2.05, 4.69) is 4.99 Å². The first kappa shape index (κ1) is 14.9. The molecule has 0 radical (unpaired) electrons. The van der Waals surface area contributed by atoms with E-state index in [0.29, 0.717) is 17.9 Å². The largest absolute Gasteiger partial charge is 0.504 e. The number of hydrogen-bond donors (Lipinski definition) is 1. The van der Waals surface area contributed by atoms with Crippen molar-refractivity contribution in [1.29, 1.82) is 0 Å². The number of phenols is 1. The van der Waals surface area contributed by atoms with E-state index in [1.54, 1.807) is 25.5 Å². The van der Waals surface area contributed by atoms with Gasteiger partial charge in [0.1, 0.15) is 5.75 Å². The van der Waals surface area contributed by atoms with Crippen LogP contribution < -0.4 is 9.47 Å². The topological polar surface area (TPSA) is 51.0 Å². The number of ether oxygens (including phenoxy) is 2. The Morgan fingerprint density at radius 1 is 1.00 bits per heavy atom. The third kappa shape index (κ3) is 3.75. The Morgan fingerprint density at radius 3 is 2.48 bits per heavy atom. The lowest BCUT2D eigenvalue weighted by Gasteiger charge is -2.06. The maximum absolute atomic E-state index is 9.95. The summed E-state index contributed by atoms with van der Waals surface area (Å²) in [4.78, 5) is 4.35. The van der Waals surface area contributed by atoms with Crippen LogP contribution in [0.3, 0.4) is 0 Å². The molecule has 0 aliphatic carbocycles. The molecule has 0 bridgehead atoms. The zero-order valence-electron chi connectivity index (χ0n) is 12.2. The Hall–Kier alpha value is -2.49. The van der Waals surface area contributed by atoms with E-state index < -0.39 is 0 Å². The minimum Gasteiger partial charge on any atom is -0.504 e. The zero-order valence-corrected chi connectivity index (χ0v) is 12.2. The molecule has 0 saturated carbocycles. The number of nitrogens with zero attached hydrogens (tertiary/aromatic N) is 1. The molecule has 0 aromatic heterocycles. The highest BCUT2D eigenvalue weighted by atomic mass is 16.5. The average Bonchev–Trinajstić information content (AvgIpc) is 2.53. The standard InChI is InChI=1S/C17H19NO3/c1-20-15-8-4-3-6-13(15)10-11-18-12-14-7-5-9-16(21-2)17(14)19/h3-9,12,19H,10-11H2,1-2H3. The molecule has 0 saturated heterocycles. The van der Waals surface area contributed by atoms with Gasteiger partial charge in [0.2, 0.25) is 0 Å². The van der Waals surface area contributed by atoms with E-state index in [1.807, 2.05) is 30.3 Å². The molecule has 110 valence electrons. The monoisotopic (exact) mass is 285 g/mol. The maximum Gasteiger partial charge on any atom is 0.166 e. The number of methoxy groups -OCH3 is 2. The van der Waals surface area contributed by atoms with Crippen LogP contribution in [0, 0.1) is 0 Å². The van der Waals surface area contributed by atoms with Gasteiger partial charge < -0.3 is 14.6 Å². The van der Waals surface area contributed by atoms with Crippen LogP contribution >= 0.6 is 0 Å². The summed E-state index contributed by atoms with van der Waals surface area (Å²) in [7, 11) is 3.19. The predicted molar refractivity (Wildman–Crippen MR) is 83.8 cm³/mol. The molecule has 0 unspecified atom stereocenters. The average molecular weight is 285 g/mol. The maximum atomic E-state index is 9.95. The third-order valence-corrected chi connectivity index (χ3v) is 3.18. The highest BCUT2D eigenvalue weighted by Gasteiger charge is 2.04. The fourth-order valence-corrected chi connectivity index (χ4v) is 2.07. The molecule has 0 aliphatic rings. The number of benzene rings is 2. The van der Waals surface area contributed by atoms with Gasteiger partial charge in [-0.25, -0.2) is 0 Å². The summed E-state index contributed by atoms with van der Waals surface area (Å²) in [5.41, 5.74) is 1.77. The smallest absolute Gasteiger partial charge is 0.166 e. The summed E-state index contributed by atoms with van der Waals surface area (Å²) in [5, 5.41) is 9.95. The molecule has 0 atom stereocenters. The second-order valence-corrected chi connectivity index (χ2v) is 4.50. The van der Waals surface area contributed by atoms with Crippen molar-refractivity contribution in [3.05, 3.63) is 53.6 Å². The van der Waals surface area contributed by atoms with Gasteiger partial charge in [-0.15, -0.1) is 0 Å². The Bertz CT molecular complexity index is 623. The first-order chi connectivity index (χ1) is 10.3. The van der Waals surface area contributed by atoms with Gasteiger partial charge in [0.15, 0.2) is 11.5 Å². The Morgan fingerprint density at radius 2 is 1.71 bits per heavy atom. The number of rotatable bonds is 6. The van der Waals surface area contributed by atoms with Crippen molar-refractivity contribution >= 4 is 6.21 Å². The SMILES string of the molecule is COc1ccccc1CCN=Cc1cccc(OC)c1O. The van der Waals surface area contributed by atoms with Crippen LogP contribution in [0.1, 0.15) is 11.1 Å². The van der Waals surface area contributed by atoms with Gasteiger partial charge in [0.25, 0.3) is 0 Å². The highest BCUT2D eigenvalue weighted by molar-refractivity contribution is 5.84. The van der Waals surface area contributed by atoms with Crippen molar-refractivity contribution in [3.63, 3.8) is 0 Å². The molecule has 0 aliphatic heterocycles. The molecule has 2 rings (SSSR count). The molecule has 2 aromatic carbocycles. The molecule has 0 fully saturated rings. The van der Waals surface area contributed by atoms with Crippen LogP contribution in [0.15, 0.2) is 47.5 Å². The van der Waals surface area contributed by atoms with E-state index >= 15 is 0 Å². The van der Waals surface area contributed by atoms with Crippen LogP contribution in [0.5, 0.6) is 17.2 Å². The van der Waals surface area contributed by atoms with E-state index in [-0.39, 0.29) is 5.75 Å². The summed E-state index contributed by atoms with van der Waals surface area (Å²) in [5.74, 6) is 1.43. The lowest BCUT2D eigenvalue weighted by atomic mass is 10.1. The van der Waals surface area contributed by atoms with E-state index in [0.717, 1.165) is 17.7 Å². The molecule has 0 spiro atoms. The summed E-state index contributed by atoms with van der Waals surface area (Å²) < 4.78 is 10.4. The number of para-hydroxylation sites is 2. The number of aliphatic imine (C=N–C) groups is 1. The molecule has 4 nitrogen and oxygen atoms in total. The van der Waals surface area contributed by atoms with E-state index in [4.69, 9.17) is 9.47 Å². The number of phenolic OH excluding ortho intramolecular Hbond substituents is 1. The van der Waals surface area contributed by atoms with Gasteiger partial charge in [0.05, 0.1) is 14.2 Å². The van der Waals surface area contributed by atoms with Crippen molar-refractivity contribution in [2.45, 2.75) is 6.42 Å². The molecular weight excluding hydrogens is 266 g/mol. The second-order valence-electron chi connectivity index (χ2n) is 4.50. The Balaban J connectivity index is 2.00. The minimum absolute atomic E-state index is 0.112. The molecule has 0 heterocycles. The zero-order chi connectivity index (χ0) is 15.1. The van der Waals surface area contributed by atoms with Gasteiger partial charge >= 0.3 is 0 Å². The first-order valence-electron chi connectivity index (χ1n) is 6.74. The minimum atomic E-state index is 0.112. The van der Waals surface area contributed by atoms with Crippen molar-refractivity contribution < 1.29 is 14.6 Å². The number of hydrogen-bond acceptors (Lipinski definition) is 4. The molecule has 2 aromatic rings. The predicted octanol–water partition coefficient (Wildman–Crippen LogP) is 3.07. The van der Waals surface area contributed by atoms with Crippen molar-refractivity contribution in [3.8, 4) is 17.2 Å². The summed E-state index contributed by atoms with van der Waals surface area (Å²) in [6, 6.07) is 13.2. The van der Waals surface area contributed by atoms with Crippen molar-refractivity contribution in [2.75, 3.05) is 20.8 Å². The van der Waals surface area contributed by atoms with E-state index in [9.17, 15) is 5.11 Å². The lowest BCUT2D eigenvalue weighted by molar-refractivity contribution is 0.373. The lowest BCUT2D eigenvalue weighted by Crippen LogP contribution is -1.95. The molecule has 1 N–H and O–H groups in total. The molecule has 0 amide bonds. The van der Waals surface area contributed by atoms with Gasteiger partial charge in [-0.1, -0.05) is 24.3 Å². The highest BCUT2D eigenvalue weighted by Crippen LogP contribution is 2.28. The molecule has 21 heavy (non-hydrogen) atoms. The molecular formula is C17H19NO3. The third-order valence-electron chi connectivity index (χ3n) is 3.18. The normalized spacial score (nSPS) is 10.8. The van der Waals surface area contributed by atoms with Crippen LogP contribution in [0.25, 0.3) is 0 Å². The van der Waals surface area contributed by atoms with Crippen LogP contribution in [-0.2, 0) is 6.42 Å². The fraction of sp³-hybridized carbons (Fsp3) is 0.235. The fourth-order valence-electron chi connectivity index (χ4n) is 2.07. The van der Waals surface area contributed by atoms with Crippen molar-refractivity contribution in [1.82, 2.24) is 0 Å². The first-order valence-corrected chi connectivity index (χ1v) is 6.74. The van der Waals surface area contributed by atoms with Crippen molar-refractivity contribution in [2.24, 2.45) is 4.99 Å². The van der Waals surface area contributed by atoms with E-state index in [1.165, 1.54) is 7.11 Å². The quantitative estimate of drug-likeness (QED) is 0.830. The van der Waals surface area contributed by atoms with Crippen LogP contribution in [0.2, 0.25) is 0 Å². The van der Waals surface area contributed by atoms with Gasteiger partial charge in [0, 0.05) is 18.3 Å².